The highest BCUT2D eigenvalue weighted by Gasteiger charge is 2.36. The van der Waals surface area contributed by atoms with Crippen molar-refractivity contribution in [2.45, 2.75) is 50.9 Å². The smallest absolute Gasteiger partial charge is 0.247 e. The van der Waals surface area contributed by atoms with Crippen LogP contribution in [0, 0.1) is 19.8 Å². The summed E-state index contributed by atoms with van der Waals surface area (Å²) in [5.41, 5.74) is 4.48. The van der Waals surface area contributed by atoms with Crippen LogP contribution in [0.15, 0.2) is 78.0 Å². The maximum absolute atomic E-state index is 14.0. The Morgan fingerprint density at radius 1 is 1.00 bits per heavy atom. The number of allylic oxidation sites excluding steroid dienone is 2. The van der Waals surface area contributed by atoms with Gasteiger partial charge in [-0.2, -0.15) is 0 Å². The van der Waals surface area contributed by atoms with E-state index in [0.29, 0.717) is 17.4 Å². The number of carbonyl (C=O) groups excluding carboxylic acids is 2. The second-order valence-corrected chi connectivity index (χ2v) is 11.1. The van der Waals surface area contributed by atoms with Crippen molar-refractivity contribution in [1.82, 2.24) is 14.9 Å². The molecule has 7 nitrogen and oxygen atoms in total. The summed E-state index contributed by atoms with van der Waals surface area (Å²) in [6.07, 6.45) is 6.78. The van der Waals surface area contributed by atoms with Crippen molar-refractivity contribution in [2.75, 3.05) is 30.1 Å². The standard InChI is InChI=1S/C31H37N5O2S/c1-22-19-23(2)33-31(32-22)39-21-28(37)36(20-24-11-7-5-8-12-24)29(25-13-9-6-10-14-25)30(38)34-26-15-17-27(18-16-26)35(3)4/h5-9,11-12,15-19,25,29H,10,13-14,20-21H2,1-4H3,(H,34,38)/t25-,29-/m1/s1. The Balaban J connectivity index is 1.62. The van der Waals surface area contributed by atoms with E-state index in [4.69, 9.17) is 0 Å². The number of hydrogen-bond donors (Lipinski definition) is 1. The zero-order valence-corrected chi connectivity index (χ0v) is 23.9. The number of aromatic nitrogens is 2. The van der Waals surface area contributed by atoms with Crippen LogP contribution in [0.25, 0.3) is 0 Å². The molecule has 0 aliphatic heterocycles. The van der Waals surface area contributed by atoms with Crippen LogP contribution in [-0.4, -0.2) is 52.6 Å². The summed E-state index contributed by atoms with van der Waals surface area (Å²) < 4.78 is 0. The fraction of sp³-hybridized carbons (Fsp3) is 0.355. The Morgan fingerprint density at radius 3 is 2.31 bits per heavy atom. The monoisotopic (exact) mass is 543 g/mol. The molecule has 4 rings (SSSR count). The fourth-order valence-corrected chi connectivity index (χ4v) is 5.70. The third-order valence-corrected chi connectivity index (χ3v) is 7.65. The topological polar surface area (TPSA) is 78.4 Å². The first-order valence-electron chi connectivity index (χ1n) is 13.3. The Morgan fingerprint density at radius 2 is 1.69 bits per heavy atom. The molecule has 204 valence electrons. The maximum atomic E-state index is 14.0. The maximum Gasteiger partial charge on any atom is 0.247 e. The Kier molecular flexibility index (Phi) is 9.76. The van der Waals surface area contributed by atoms with Gasteiger partial charge in [-0.25, -0.2) is 9.97 Å². The quantitative estimate of drug-likeness (QED) is 0.202. The van der Waals surface area contributed by atoms with Gasteiger partial charge in [0.05, 0.1) is 5.75 Å². The van der Waals surface area contributed by atoms with E-state index < -0.39 is 6.04 Å². The van der Waals surface area contributed by atoms with Crippen molar-refractivity contribution in [1.29, 1.82) is 0 Å². The SMILES string of the molecule is Cc1cc(C)nc(SCC(=O)N(Cc2ccccc2)[C@@H](C(=O)Nc2ccc(N(C)C)cc2)[C@@H]2CC=CCC2)n1. The minimum absolute atomic E-state index is 0.0196. The zero-order chi connectivity index (χ0) is 27.8. The van der Waals surface area contributed by atoms with E-state index in [1.807, 2.05) is 93.5 Å². The van der Waals surface area contributed by atoms with Gasteiger partial charge < -0.3 is 15.1 Å². The van der Waals surface area contributed by atoms with Crippen LogP contribution in [0.1, 0.15) is 36.2 Å². The van der Waals surface area contributed by atoms with Gasteiger partial charge in [0, 0.05) is 43.4 Å². The lowest BCUT2D eigenvalue weighted by Crippen LogP contribution is -2.51. The Hall–Kier alpha value is -3.65. The second kappa shape index (κ2) is 13.4. The van der Waals surface area contributed by atoms with Gasteiger partial charge in [0.25, 0.3) is 0 Å². The van der Waals surface area contributed by atoms with Gasteiger partial charge in [0.1, 0.15) is 6.04 Å². The summed E-state index contributed by atoms with van der Waals surface area (Å²) in [7, 11) is 3.96. The van der Waals surface area contributed by atoms with Gasteiger partial charge in [0.2, 0.25) is 11.8 Å². The van der Waals surface area contributed by atoms with Crippen molar-refractivity contribution < 1.29 is 9.59 Å². The predicted molar refractivity (Wildman–Crippen MR) is 159 cm³/mol. The van der Waals surface area contributed by atoms with Crippen molar-refractivity contribution in [3.05, 3.63) is 89.8 Å². The van der Waals surface area contributed by atoms with E-state index in [9.17, 15) is 9.59 Å². The highest BCUT2D eigenvalue weighted by molar-refractivity contribution is 7.99. The molecule has 2 atom stereocenters. The number of nitrogens with zero attached hydrogens (tertiary/aromatic N) is 4. The minimum Gasteiger partial charge on any atom is -0.378 e. The summed E-state index contributed by atoms with van der Waals surface area (Å²) >= 11 is 1.32. The van der Waals surface area contributed by atoms with Gasteiger partial charge >= 0.3 is 0 Å². The van der Waals surface area contributed by atoms with E-state index in [1.54, 1.807) is 4.90 Å². The third kappa shape index (κ3) is 7.93. The molecule has 0 fully saturated rings. The molecule has 0 spiro atoms. The summed E-state index contributed by atoms with van der Waals surface area (Å²) in [6.45, 7) is 4.19. The molecule has 1 aromatic heterocycles. The lowest BCUT2D eigenvalue weighted by atomic mass is 9.86. The van der Waals surface area contributed by atoms with Crippen LogP contribution in [0.5, 0.6) is 0 Å². The first-order chi connectivity index (χ1) is 18.8. The number of benzene rings is 2. The van der Waals surface area contributed by atoms with E-state index in [1.165, 1.54) is 11.8 Å². The summed E-state index contributed by atoms with van der Waals surface area (Å²) in [5.74, 6) is -0.0974. The largest absolute Gasteiger partial charge is 0.378 e. The summed E-state index contributed by atoms with van der Waals surface area (Å²) in [5, 5.41) is 3.68. The van der Waals surface area contributed by atoms with Crippen LogP contribution in [0.4, 0.5) is 11.4 Å². The van der Waals surface area contributed by atoms with Crippen LogP contribution in [0.2, 0.25) is 0 Å². The highest BCUT2D eigenvalue weighted by Crippen LogP contribution is 2.29. The predicted octanol–water partition coefficient (Wildman–Crippen LogP) is 5.64. The first-order valence-corrected chi connectivity index (χ1v) is 14.3. The van der Waals surface area contributed by atoms with E-state index in [-0.39, 0.29) is 23.5 Å². The van der Waals surface area contributed by atoms with Crippen molar-refractivity contribution in [3.63, 3.8) is 0 Å². The number of rotatable bonds is 10. The molecule has 1 aliphatic carbocycles. The normalized spacial score (nSPS) is 15.4. The van der Waals surface area contributed by atoms with Crippen LogP contribution < -0.4 is 10.2 Å². The van der Waals surface area contributed by atoms with Crippen molar-refractivity contribution >= 4 is 35.0 Å². The van der Waals surface area contributed by atoms with Crippen LogP contribution >= 0.6 is 11.8 Å². The van der Waals surface area contributed by atoms with E-state index in [0.717, 1.165) is 41.9 Å². The van der Waals surface area contributed by atoms with E-state index in [2.05, 4.69) is 27.4 Å². The summed E-state index contributed by atoms with van der Waals surface area (Å²) in [4.78, 5) is 40.6. The minimum atomic E-state index is -0.614. The fourth-order valence-electron chi connectivity index (χ4n) is 4.86. The molecule has 0 unspecified atom stereocenters. The number of nitrogens with one attached hydrogen (secondary N) is 1. The molecule has 39 heavy (non-hydrogen) atoms. The molecule has 0 saturated carbocycles. The number of thioether (sulfide) groups is 1. The van der Waals surface area contributed by atoms with Gasteiger partial charge in [-0.1, -0.05) is 54.2 Å². The third-order valence-electron chi connectivity index (χ3n) is 6.81. The van der Waals surface area contributed by atoms with E-state index >= 15 is 0 Å². The van der Waals surface area contributed by atoms with Gasteiger partial charge in [-0.15, -0.1) is 0 Å². The lowest BCUT2D eigenvalue weighted by Gasteiger charge is -2.37. The molecule has 0 bridgehead atoms. The molecule has 1 heterocycles. The molecule has 3 aromatic rings. The number of aryl methyl sites for hydroxylation is 2. The lowest BCUT2D eigenvalue weighted by molar-refractivity contribution is -0.139. The molecule has 0 saturated heterocycles. The van der Waals surface area contributed by atoms with Crippen molar-refractivity contribution in [2.24, 2.45) is 5.92 Å². The zero-order valence-electron chi connectivity index (χ0n) is 23.1. The highest BCUT2D eigenvalue weighted by atomic mass is 32.2. The van der Waals surface area contributed by atoms with Crippen LogP contribution in [-0.2, 0) is 16.1 Å². The molecular weight excluding hydrogens is 506 g/mol. The van der Waals surface area contributed by atoms with Gasteiger partial charge in [-0.3, -0.25) is 9.59 Å². The van der Waals surface area contributed by atoms with Crippen molar-refractivity contribution in [3.8, 4) is 0 Å². The molecular formula is C31H37N5O2S. The number of anilines is 2. The average molecular weight is 544 g/mol. The van der Waals surface area contributed by atoms with Gasteiger partial charge in [0.15, 0.2) is 5.16 Å². The first kappa shape index (κ1) is 28.4. The average Bonchev–Trinajstić information content (AvgIpc) is 2.92. The number of hydrogen-bond acceptors (Lipinski definition) is 6. The summed E-state index contributed by atoms with van der Waals surface area (Å²) in [6, 6.07) is 18.9. The molecule has 0 radical (unpaired) electrons. The molecule has 2 amide bonds. The number of amides is 2. The molecule has 1 N–H and O–H groups in total. The molecule has 8 heteroatoms. The van der Waals surface area contributed by atoms with Gasteiger partial charge in [-0.05, 0) is 74.9 Å². The molecule has 2 aromatic carbocycles. The Bertz CT molecular complexity index is 1270. The van der Waals surface area contributed by atoms with Crippen LogP contribution in [0.3, 0.4) is 0 Å². The second-order valence-electron chi connectivity index (χ2n) is 10.1. The molecule has 1 aliphatic rings. The Labute approximate surface area is 235 Å². The number of carbonyl (C=O) groups is 2.